The van der Waals surface area contributed by atoms with E-state index in [0.29, 0.717) is 16.3 Å². The maximum absolute atomic E-state index is 12.3. The van der Waals surface area contributed by atoms with Crippen LogP contribution in [0.4, 0.5) is 0 Å². The van der Waals surface area contributed by atoms with Crippen molar-refractivity contribution in [1.29, 1.82) is 0 Å². The predicted octanol–water partition coefficient (Wildman–Crippen LogP) is 1.47. The lowest BCUT2D eigenvalue weighted by atomic mass is 10.4. The van der Waals surface area contributed by atoms with E-state index in [9.17, 15) is 9.00 Å². The zero-order valence-corrected chi connectivity index (χ0v) is 14.8. The highest BCUT2D eigenvalue weighted by molar-refractivity contribution is 7.83. The SMILES string of the molecule is CS(=O)Cn1nnc2c(-c3nc(-c4cccs4)cs3)ncn2c1=O. The highest BCUT2D eigenvalue weighted by Gasteiger charge is 2.17. The summed E-state index contributed by atoms with van der Waals surface area (Å²) in [6, 6.07) is 3.97. The summed E-state index contributed by atoms with van der Waals surface area (Å²) in [5, 5.41) is 12.5. The minimum absolute atomic E-state index is 0.00490. The van der Waals surface area contributed by atoms with Crippen molar-refractivity contribution in [1.82, 2.24) is 29.4 Å². The van der Waals surface area contributed by atoms with E-state index in [4.69, 9.17) is 0 Å². The summed E-state index contributed by atoms with van der Waals surface area (Å²) in [7, 11) is -1.20. The van der Waals surface area contributed by atoms with Gasteiger partial charge in [-0.2, -0.15) is 4.68 Å². The first-order valence-electron chi connectivity index (χ1n) is 6.74. The fraction of sp³-hybridized carbons (Fsp3) is 0.154. The number of fused-ring (bicyclic) bond motifs is 1. The monoisotopic (exact) mass is 378 g/mol. The highest BCUT2D eigenvalue weighted by Crippen LogP contribution is 2.31. The topological polar surface area (TPSA) is 95.0 Å². The van der Waals surface area contributed by atoms with Gasteiger partial charge in [0.15, 0.2) is 5.65 Å². The molecule has 0 aliphatic carbocycles. The lowest BCUT2D eigenvalue weighted by Gasteiger charge is -2.00. The summed E-state index contributed by atoms with van der Waals surface area (Å²) < 4.78 is 13.7. The summed E-state index contributed by atoms with van der Waals surface area (Å²) in [6.45, 7) is 0. The number of nitrogens with zero attached hydrogens (tertiary/aromatic N) is 6. The second-order valence-electron chi connectivity index (χ2n) is 4.88. The van der Waals surface area contributed by atoms with Gasteiger partial charge in [-0.25, -0.2) is 19.2 Å². The number of imidazole rings is 1. The molecule has 8 nitrogen and oxygen atoms in total. The molecular formula is C13H10N6O2S3. The number of aromatic nitrogens is 6. The van der Waals surface area contributed by atoms with Gasteiger partial charge in [-0.15, -0.1) is 27.8 Å². The van der Waals surface area contributed by atoms with Crippen molar-refractivity contribution in [3.05, 3.63) is 39.7 Å². The third kappa shape index (κ3) is 2.60. The normalized spacial score (nSPS) is 12.7. The molecule has 0 fully saturated rings. The molecule has 4 aromatic rings. The van der Waals surface area contributed by atoms with Crippen molar-refractivity contribution >= 4 is 39.1 Å². The zero-order chi connectivity index (χ0) is 16.7. The minimum atomic E-state index is -1.20. The average Bonchev–Trinajstić information content (AvgIpc) is 3.28. The van der Waals surface area contributed by atoms with Crippen molar-refractivity contribution in [2.75, 3.05) is 6.26 Å². The standard InChI is InChI=1S/C13H10N6O2S3/c1-24(21)7-19-13(20)18-6-14-10(11(18)16-17-19)12-15-8(5-23-12)9-3-2-4-22-9/h2-6H,7H2,1H3. The van der Waals surface area contributed by atoms with Gasteiger partial charge in [0.2, 0.25) is 0 Å². The quantitative estimate of drug-likeness (QED) is 0.534. The number of thiophene rings is 1. The Morgan fingerprint density at radius 3 is 2.96 bits per heavy atom. The van der Waals surface area contributed by atoms with Gasteiger partial charge in [0.25, 0.3) is 0 Å². The van der Waals surface area contributed by atoms with Gasteiger partial charge in [0.1, 0.15) is 22.9 Å². The maximum atomic E-state index is 12.3. The van der Waals surface area contributed by atoms with Crippen molar-refractivity contribution < 1.29 is 4.21 Å². The molecule has 0 amide bonds. The van der Waals surface area contributed by atoms with E-state index in [1.54, 1.807) is 11.3 Å². The van der Waals surface area contributed by atoms with E-state index in [1.807, 2.05) is 22.9 Å². The summed E-state index contributed by atoms with van der Waals surface area (Å²) in [5.41, 5.74) is 1.29. The fourth-order valence-corrected chi connectivity index (χ4v) is 4.24. The van der Waals surface area contributed by atoms with Crippen LogP contribution >= 0.6 is 22.7 Å². The molecule has 0 saturated heterocycles. The Bertz CT molecular complexity index is 1090. The third-order valence-electron chi connectivity index (χ3n) is 3.20. The molecule has 0 aromatic carbocycles. The molecule has 0 bridgehead atoms. The number of hydrogen-bond acceptors (Lipinski definition) is 8. The van der Waals surface area contributed by atoms with E-state index in [2.05, 4.69) is 20.3 Å². The molecule has 4 rings (SSSR count). The molecule has 122 valence electrons. The van der Waals surface area contributed by atoms with Crippen LogP contribution in [0.2, 0.25) is 0 Å². The lowest BCUT2D eigenvalue weighted by Crippen LogP contribution is -2.30. The molecule has 4 aromatic heterocycles. The molecule has 1 unspecified atom stereocenters. The van der Waals surface area contributed by atoms with Crippen molar-refractivity contribution in [3.8, 4) is 21.3 Å². The Morgan fingerprint density at radius 2 is 2.21 bits per heavy atom. The van der Waals surface area contributed by atoms with Crippen molar-refractivity contribution in [2.24, 2.45) is 0 Å². The summed E-state index contributed by atoms with van der Waals surface area (Å²) in [6.07, 6.45) is 2.89. The Labute approximate surface area is 145 Å². The maximum Gasteiger partial charge on any atom is 0.353 e. The smallest absolute Gasteiger partial charge is 0.258 e. The van der Waals surface area contributed by atoms with Crippen molar-refractivity contribution in [3.63, 3.8) is 0 Å². The molecule has 1 atom stereocenters. The molecule has 0 aliphatic rings. The van der Waals surface area contributed by atoms with Crippen LogP contribution in [0.3, 0.4) is 0 Å². The van der Waals surface area contributed by atoms with E-state index in [-0.39, 0.29) is 5.88 Å². The van der Waals surface area contributed by atoms with Gasteiger partial charge in [0, 0.05) is 22.4 Å². The van der Waals surface area contributed by atoms with E-state index in [0.717, 1.165) is 15.3 Å². The number of hydrogen-bond donors (Lipinski definition) is 0. The van der Waals surface area contributed by atoms with Crippen LogP contribution in [-0.2, 0) is 16.7 Å². The molecule has 24 heavy (non-hydrogen) atoms. The highest BCUT2D eigenvalue weighted by atomic mass is 32.2. The lowest BCUT2D eigenvalue weighted by molar-refractivity contribution is 0.583. The predicted molar refractivity (Wildman–Crippen MR) is 93.5 cm³/mol. The molecule has 0 spiro atoms. The molecule has 0 radical (unpaired) electrons. The van der Waals surface area contributed by atoms with E-state index >= 15 is 0 Å². The molecule has 4 heterocycles. The van der Waals surface area contributed by atoms with Crippen LogP contribution in [0.5, 0.6) is 0 Å². The van der Waals surface area contributed by atoms with E-state index < -0.39 is 16.5 Å². The first-order valence-corrected chi connectivity index (χ1v) is 10.2. The van der Waals surface area contributed by atoms with Crippen LogP contribution in [0.1, 0.15) is 0 Å². The second-order valence-corrected chi connectivity index (χ2v) is 8.09. The van der Waals surface area contributed by atoms with Gasteiger partial charge >= 0.3 is 5.69 Å². The summed E-state index contributed by atoms with van der Waals surface area (Å²) in [5.74, 6) is -0.00490. The van der Waals surface area contributed by atoms with Crippen LogP contribution in [0.25, 0.3) is 26.9 Å². The third-order valence-corrected chi connectivity index (χ3v) is 5.55. The first kappa shape index (κ1) is 15.3. The van der Waals surface area contributed by atoms with Gasteiger partial charge in [-0.1, -0.05) is 11.3 Å². The van der Waals surface area contributed by atoms with Gasteiger partial charge in [-0.3, -0.25) is 4.21 Å². The summed E-state index contributed by atoms with van der Waals surface area (Å²) in [4.78, 5) is 22.2. The second kappa shape index (κ2) is 6.00. The van der Waals surface area contributed by atoms with Gasteiger partial charge in [0.05, 0.1) is 10.6 Å². The Morgan fingerprint density at radius 1 is 1.33 bits per heavy atom. The van der Waals surface area contributed by atoms with Crippen LogP contribution in [-0.4, -0.2) is 39.8 Å². The van der Waals surface area contributed by atoms with Gasteiger partial charge in [-0.05, 0) is 11.4 Å². The molecule has 11 heteroatoms. The number of rotatable bonds is 4. The first-order chi connectivity index (χ1) is 11.6. The number of thiazole rings is 1. The fourth-order valence-electron chi connectivity index (χ4n) is 2.16. The van der Waals surface area contributed by atoms with Crippen LogP contribution in [0, 0.1) is 0 Å². The molecule has 0 aliphatic heterocycles. The Kier molecular flexibility index (Phi) is 3.82. The average molecular weight is 378 g/mol. The van der Waals surface area contributed by atoms with Crippen LogP contribution in [0.15, 0.2) is 34.0 Å². The molecule has 0 saturated carbocycles. The van der Waals surface area contributed by atoms with Gasteiger partial charge < -0.3 is 0 Å². The van der Waals surface area contributed by atoms with Crippen LogP contribution < -0.4 is 5.69 Å². The van der Waals surface area contributed by atoms with Crippen molar-refractivity contribution in [2.45, 2.75) is 5.88 Å². The van der Waals surface area contributed by atoms with E-state index in [1.165, 1.54) is 28.3 Å². The summed E-state index contributed by atoms with van der Waals surface area (Å²) >= 11 is 3.04. The molecular weight excluding hydrogens is 368 g/mol. The minimum Gasteiger partial charge on any atom is -0.258 e. The largest absolute Gasteiger partial charge is 0.353 e. The molecule has 0 N–H and O–H groups in total. The Balaban J connectivity index is 1.80. The zero-order valence-electron chi connectivity index (χ0n) is 12.3. The Hall–Kier alpha value is -2.24.